The third kappa shape index (κ3) is 3.71. The van der Waals surface area contributed by atoms with Gasteiger partial charge in [-0.05, 0) is 43.7 Å². The van der Waals surface area contributed by atoms with E-state index in [9.17, 15) is 4.79 Å². The van der Waals surface area contributed by atoms with Crippen molar-refractivity contribution in [3.63, 3.8) is 0 Å². The third-order valence-corrected chi connectivity index (χ3v) is 4.44. The smallest absolute Gasteiger partial charge is 0.201 e. The standard InChI is InChI=1S/C17H26O2/c1-3-5-6-13-7-9-14(10-8-13)17(18)16-12-11-15(4-2)19-16/h11-14H,3-10H2,1-2H3. The Balaban J connectivity index is 1.85. The Kier molecular flexibility index (Phi) is 5.24. The minimum atomic E-state index is 0.203. The predicted octanol–water partition coefficient (Wildman–Crippen LogP) is 5.02. The van der Waals surface area contributed by atoms with Gasteiger partial charge in [0.05, 0.1) is 0 Å². The van der Waals surface area contributed by atoms with Gasteiger partial charge in [-0.25, -0.2) is 0 Å². The molecule has 1 aromatic heterocycles. The van der Waals surface area contributed by atoms with E-state index in [1.54, 1.807) is 0 Å². The van der Waals surface area contributed by atoms with Gasteiger partial charge in [-0.1, -0.05) is 33.1 Å². The fourth-order valence-corrected chi connectivity index (χ4v) is 3.11. The van der Waals surface area contributed by atoms with E-state index in [1.807, 2.05) is 19.1 Å². The Labute approximate surface area is 116 Å². The summed E-state index contributed by atoms with van der Waals surface area (Å²) in [4.78, 5) is 12.4. The predicted molar refractivity (Wildman–Crippen MR) is 77.4 cm³/mol. The molecule has 0 atom stereocenters. The zero-order valence-corrected chi connectivity index (χ0v) is 12.3. The Morgan fingerprint density at radius 1 is 1.21 bits per heavy atom. The topological polar surface area (TPSA) is 30.2 Å². The van der Waals surface area contributed by atoms with Gasteiger partial charge < -0.3 is 4.42 Å². The van der Waals surface area contributed by atoms with Gasteiger partial charge in [0.1, 0.15) is 5.76 Å². The van der Waals surface area contributed by atoms with Gasteiger partial charge in [-0.15, -0.1) is 0 Å². The van der Waals surface area contributed by atoms with Crippen LogP contribution in [0.1, 0.15) is 75.1 Å². The average Bonchev–Trinajstić information content (AvgIpc) is 2.94. The Morgan fingerprint density at radius 3 is 2.53 bits per heavy atom. The van der Waals surface area contributed by atoms with Crippen molar-refractivity contribution in [3.05, 3.63) is 23.7 Å². The highest BCUT2D eigenvalue weighted by Crippen LogP contribution is 2.33. The molecule has 2 heteroatoms. The molecule has 1 aromatic rings. The summed E-state index contributed by atoms with van der Waals surface area (Å²) in [5, 5.41) is 0. The Morgan fingerprint density at radius 2 is 1.95 bits per heavy atom. The van der Waals surface area contributed by atoms with Crippen LogP contribution in [0.15, 0.2) is 16.5 Å². The molecule has 0 amide bonds. The van der Waals surface area contributed by atoms with Crippen molar-refractivity contribution in [2.75, 3.05) is 0 Å². The zero-order chi connectivity index (χ0) is 13.7. The Hall–Kier alpha value is -1.05. The molecule has 1 saturated carbocycles. The molecule has 0 aliphatic heterocycles. The number of ketones is 1. The molecule has 0 aromatic carbocycles. The highest BCUT2D eigenvalue weighted by atomic mass is 16.3. The van der Waals surface area contributed by atoms with Crippen LogP contribution in [0, 0.1) is 11.8 Å². The maximum absolute atomic E-state index is 12.4. The van der Waals surface area contributed by atoms with E-state index in [1.165, 1.54) is 32.1 Å². The second-order valence-corrected chi connectivity index (χ2v) is 5.84. The molecule has 1 aliphatic rings. The molecule has 0 saturated heterocycles. The van der Waals surface area contributed by atoms with Gasteiger partial charge in [0.15, 0.2) is 5.76 Å². The van der Waals surface area contributed by atoms with Gasteiger partial charge in [-0.3, -0.25) is 4.79 Å². The van der Waals surface area contributed by atoms with Crippen molar-refractivity contribution in [2.24, 2.45) is 11.8 Å². The lowest BCUT2D eigenvalue weighted by atomic mass is 9.78. The number of rotatable bonds is 6. The van der Waals surface area contributed by atoms with E-state index < -0.39 is 0 Å². The van der Waals surface area contributed by atoms with Crippen LogP contribution in [0.3, 0.4) is 0 Å². The minimum absolute atomic E-state index is 0.203. The van der Waals surface area contributed by atoms with Crippen molar-refractivity contribution >= 4 is 5.78 Å². The van der Waals surface area contributed by atoms with Gasteiger partial charge >= 0.3 is 0 Å². The van der Waals surface area contributed by atoms with Crippen molar-refractivity contribution in [2.45, 2.75) is 65.2 Å². The molecule has 2 nitrogen and oxygen atoms in total. The summed E-state index contributed by atoms with van der Waals surface area (Å²) < 4.78 is 5.59. The van der Waals surface area contributed by atoms with Gasteiger partial charge in [-0.2, -0.15) is 0 Å². The SMILES string of the molecule is CCCCC1CCC(C(=O)c2ccc(CC)o2)CC1. The van der Waals surface area contributed by atoms with Crippen molar-refractivity contribution in [1.82, 2.24) is 0 Å². The molecule has 2 rings (SSSR count). The van der Waals surface area contributed by atoms with Crippen molar-refractivity contribution < 1.29 is 9.21 Å². The average molecular weight is 262 g/mol. The lowest BCUT2D eigenvalue weighted by molar-refractivity contribution is 0.0839. The number of carbonyl (C=O) groups excluding carboxylic acids is 1. The summed E-state index contributed by atoms with van der Waals surface area (Å²) in [6, 6.07) is 3.78. The fraction of sp³-hybridized carbons (Fsp3) is 0.706. The van der Waals surface area contributed by atoms with Crippen LogP contribution in [0.2, 0.25) is 0 Å². The van der Waals surface area contributed by atoms with Gasteiger partial charge in [0.25, 0.3) is 0 Å². The quantitative estimate of drug-likeness (QED) is 0.674. The number of unbranched alkanes of at least 4 members (excludes halogenated alkanes) is 1. The summed E-state index contributed by atoms with van der Waals surface area (Å²) in [6.07, 6.45) is 9.36. The van der Waals surface area contributed by atoms with E-state index in [0.717, 1.165) is 30.9 Å². The van der Waals surface area contributed by atoms with Gasteiger partial charge in [0.2, 0.25) is 5.78 Å². The molecular formula is C17H26O2. The highest BCUT2D eigenvalue weighted by Gasteiger charge is 2.28. The molecule has 1 fully saturated rings. The molecule has 19 heavy (non-hydrogen) atoms. The first-order valence-electron chi connectivity index (χ1n) is 7.87. The van der Waals surface area contributed by atoms with Crippen LogP contribution in [0.4, 0.5) is 0 Å². The summed E-state index contributed by atoms with van der Waals surface area (Å²) in [6.45, 7) is 4.30. The molecule has 1 aliphatic carbocycles. The molecule has 0 radical (unpaired) electrons. The fourth-order valence-electron chi connectivity index (χ4n) is 3.11. The van der Waals surface area contributed by atoms with E-state index in [0.29, 0.717) is 5.76 Å². The second kappa shape index (κ2) is 6.93. The minimum Gasteiger partial charge on any atom is -0.458 e. The van der Waals surface area contributed by atoms with E-state index in [4.69, 9.17) is 4.42 Å². The van der Waals surface area contributed by atoms with E-state index in [-0.39, 0.29) is 11.7 Å². The lowest BCUT2D eigenvalue weighted by Crippen LogP contribution is -2.21. The van der Waals surface area contributed by atoms with E-state index >= 15 is 0 Å². The number of hydrogen-bond acceptors (Lipinski definition) is 2. The molecule has 0 unspecified atom stereocenters. The number of Topliss-reactive ketones (excluding diaryl/α,β-unsaturated/α-hetero) is 1. The first-order valence-corrected chi connectivity index (χ1v) is 7.87. The maximum Gasteiger partial charge on any atom is 0.201 e. The number of aryl methyl sites for hydroxylation is 1. The summed E-state index contributed by atoms with van der Waals surface area (Å²) >= 11 is 0. The van der Waals surface area contributed by atoms with E-state index in [2.05, 4.69) is 6.92 Å². The van der Waals surface area contributed by atoms with Crippen LogP contribution in [-0.4, -0.2) is 5.78 Å². The molecule has 106 valence electrons. The van der Waals surface area contributed by atoms with Gasteiger partial charge in [0, 0.05) is 12.3 Å². The van der Waals surface area contributed by atoms with Crippen molar-refractivity contribution in [3.8, 4) is 0 Å². The maximum atomic E-state index is 12.4. The van der Waals surface area contributed by atoms with Crippen LogP contribution in [0.25, 0.3) is 0 Å². The molecule has 1 heterocycles. The van der Waals surface area contributed by atoms with Crippen LogP contribution < -0.4 is 0 Å². The third-order valence-electron chi connectivity index (χ3n) is 4.44. The number of furan rings is 1. The highest BCUT2D eigenvalue weighted by molar-refractivity contribution is 5.95. The molecule has 0 N–H and O–H groups in total. The Bertz CT molecular complexity index is 397. The van der Waals surface area contributed by atoms with Crippen LogP contribution in [0.5, 0.6) is 0 Å². The summed E-state index contributed by atoms with van der Waals surface area (Å²) in [5.41, 5.74) is 0. The molecular weight excluding hydrogens is 236 g/mol. The zero-order valence-electron chi connectivity index (χ0n) is 12.3. The second-order valence-electron chi connectivity index (χ2n) is 5.84. The lowest BCUT2D eigenvalue weighted by Gasteiger charge is -2.27. The largest absolute Gasteiger partial charge is 0.458 e. The van der Waals surface area contributed by atoms with Crippen LogP contribution >= 0.6 is 0 Å². The molecule has 0 bridgehead atoms. The number of hydrogen-bond donors (Lipinski definition) is 0. The molecule has 0 spiro atoms. The summed E-state index contributed by atoms with van der Waals surface area (Å²) in [5.74, 6) is 2.78. The first-order chi connectivity index (χ1) is 9.24. The van der Waals surface area contributed by atoms with Crippen LogP contribution in [-0.2, 0) is 6.42 Å². The normalized spacial score (nSPS) is 23.5. The number of carbonyl (C=O) groups is 1. The summed E-state index contributed by atoms with van der Waals surface area (Å²) in [7, 11) is 0. The van der Waals surface area contributed by atoms with Crippen molar-refractivity contribution in [1.29, 1.82) is 0 Å². The monoisotopic (exact) mass is 262 g/mol. The first kappa shape index (κ1) is 14.4.